The SMILES string of the molecule is CCCNCC1CCCN1c1nc(OC)nc(OC)n1. The molecule has 1 aliphatic rings. The fourth-order valence-corrected chi connectivity index (χ4v) is 2.40. The molecule has 0 amide bonds. The fraction of sp³-hybridized carbons (Fsp3) is 0.769. The van der Waals surface area contributed by atoms with Gasteiger partial charge in [-0.25, -0.2) is 0 Å². The second kappa shape index (κ2) is 7.23. The molecule has 1 atom stereocenters. The molecule has 0 saturated carbocycles. The highest BCUT2D eigenvalue weighted by molar-refractivity contribution is 5.35. The Bertz CT molecular complexity index is 407. The van der Waals surface area contributed by atoms with E-state index in [-0.39, 0.29) is 0 Å². The first-order chi connectivity index (χ1) is 9.78. The predicted molar refractivity (Wildman–Crippen MR) is 76.5 cm³/mol. The van der Waals surface area contributed by atoms with Gasteiger partial charge in [-0.3, -0.25) is 0 Å². The van der Waals surface area contributed by atoms with Gasteiger partial charge < -0.3 is 19.7 Å². The van der Waals surface area contributed by atoms with E-state index < -0.39 is 0 Å². The number of ether oxygens (including phenoxy) is 2. The summed E-state index contributed by atoms with van der Waals surface area (Å²) in [6.07, 6.45) is 3.43. The van der Waals surface area contributed by atoms with Gasteiger partial charge in [-0.1, -0.05) is 6.92 Å². The van der Waals surface area contributed by atoms with Crippen molar-refractivity contribution in [3.05, 3.63) is 0 Å². The normalized spacial score (nSPS) is 18.4. The van der Waals surface area contributed by atoms with Gasteiger partial charge >= 0.3 is 12.0 Å². The molecule has 2 heterocycles. The maximum Gasteiger partial charge on any atom is 0.324 e. The van der Waals surface area contributed by atoms with E-state index >= 15 is 0 Å². The minimum absolute atomic E-state index is 0.291. The van der Waals surface area contributed by atoms with Gasteiger partial charge in [0.2, 0.25) is 5.95 Å². The molecule has 7 nitrogen and oxygen atoms in total. The lowest BCUT2D eigenvalue weighted by molar-refractivity contribution is 0.339. The van der Waals surface area contributed by atoms with Gasteiger partial charge in [0.05, 0.1) is 14.2 Å². The van der Waals surface area contributed by atoms with Crippen LogP contribution in [0.15, 0.2) is 0 Å². The molecule has 7 heteroatoms. The number of methoxy groups -OCH3 is 2. The van der Waals surface area contributed by atoms with E-state index in [4.69, 9.17) is 9.47 Å². The van der Waals surface area contributed by atoms with Gasteiger partial charge in [0.15, 0.2) is 0 Å². The zero-order chi connectivity index (χ0) is 14.4. The van der Waals surface area contributed by atoms with Crippen molar-refractivity contribution < 1.29 is 9.47 Å². The number of nitrogens with zero attached hydrogens (tertiary/aromatic N) is 4. The first kappa shape index (κ1) is 14.8. The van der Waals surface area contributed by atoms with Gasteiger partial charge in [0.1, 0.15) is 0 Å². The summed E-state index contributed by atoms with van der Waals surface area (Å²) in [5, 5.41) is 3.46. The molecule has 0 radical (unpaired) electrons. The summed E-state index contributed by atoms with van der Waals surface area (Å²) >= 11 is 0. The molecule has 0 spiro atoms. The Labute approximate surface area is 119 Å². The Morgan fingerprint density at radius 1 is 1.20 bits per heavy atom. The van der Waals surface area contributed by atoms with Crippen LogP contribution in [0.3, 0.4) is 0 Å². The van der Waals surface area contributed by atoms with Crippen molar-refractivity contribution in [2.75, 3.05) is 38.8 Å². The second-order valence-corrected chi connectivity index (χ2v) is 4.80. The van der Waals surface area contributed by atoms with E-state index in [9.17, 15) is 0 Å². The topological polar surface area (TPSA) is 72.4 Å². The summed E-state index contributed by atoms with van der Waals surface area (Å²) in [5.41, 5.74) is 0. The highest BCUT2D eigenvalue weighted by Crippen LogP contribution is 2.24. The van der Waals surface area contributed by atoms with Gasteiger partial charge in [-0.15, -0.1) is 4.98 Å². The Hall–Kier alpha value is -1.63. The molecular formula is C13H23N5O2. The van der Waals surface area contributed by atoms with E-state index in [1.165, 1.54) is 0 Å². The minimum Gasteiger partial charge on any atom is -0.467 e. The Morgan fingerprint density at radius 3 is 2.50 bits per heavy atom. The summed E-state index contributed by atoms with van der Waals surface area (Å²) in [4.78, 5) is 14.9. The maximum atomic E-state index is 5.11. The molecule has 1 aromatic rings. The molecule has 2 rings (SSSR count). The average Bonchev–Trinajstić information content (AvgIpc) is 2.95. The van der Waals surface area contributed by atoms with Crippen LogP contribution in [0.4, 0.5) is 5.95 Å². The quantitative estimate of drug-likeness (QED) is 0.743. The standard InChI is InChI=1S/C13H23N5O2/c1-4-7-14-9-10-6-5-8-18(10)11-15-12(19-2)17-13(16-11)20-3/h10,14H,4-9H2,1-3H3. The maximum absolute atomic E-state index is 5.11. The van der Waals surface area contributed by atoms with Crippen molar-refractivity contribution >= 4 is 5.95 Å². The molecule has 1 N–H and O–H groups in total. The molecule has 0 aromatic carbocycles. The molecule has 20 heavy (non-hydrogen) atoms. The zero-order valence-electron chi connectivity index (χ0n) is 12.4. The summed E-state index contributed by atoms with van der Waals surface area (Å²) in [7, 11) is 3.09. The third kappa shape index (κ3) is 3.47. The van der Waals surface area contributed by atoms with Crippen molar-refractivity contribution in [1.29, 1.82) is 0 Å². The van der Waals surface area contributed by atoms with Crippen molar-refractivity contribution in [2.24, 2.45) is 0 Å². The van der Waals surface area contributed by atoms with E-state index in [0.717, 1.165) is 38.9 Å². The first-order valence-electron chi connectivity index (χ1n) is 7.10. The van der Waals surface area contributed by atoms with Crippen molar-refractivity contribution in [3.63, 3.8) is 0 Å². The van der Waals surface area contributed by atoms with Gasteiger partial charge in [-0.2, -0.15) is 9.97 Å². The molecule has 1 unspecified atom stereocenters. The number of aromatic nitrogens is 3. The highest BCUT2D eigenvalue weighted by Gasteiger charge is 2.27. The van der Waals surface area contributed by atoms with Gasteiger partial charge in [0.25, 0.3) is 0 Å². The van der Waals surface area contributed by atoms with Crippen LogP contribution in [0.2, 0.25) is 0 Å². The monoisotopic (exact) mass is 281 g/mol. The molecule has 1 saturated heterocycles. The van der Waals surface area contributed by atoms with Crippen LogP contribution in [0.5, 0.6) is 12.0 Å². The van der Waals surface area contributed by atoms with Crippen LogP contribution in [0, 0.1) is 0 Å². The third-order valence-electron chi connectivity index (χ3n) is 3.39. The third-order valence-corrected chi connectivity index (χ3v) is 3.39. The lowest BCUT2D eigenvalue weighted by Crippen LogP contribution is -2.39. The van der Waals surface area contributed by atoms with E-state index in [1.807, 2.05) is 0 Å². The van der Waals surface area contributed by atoms with Crippen molar-refractivity contribution in [3.8, 4) is 12.0 Å². The van der Waals surface area contributed by atoms with Gasteiger partial charge in [-0.05, 0) is 25.8 Å². The molecule has 0 aliphatic carbocycles. The van der Waals surface area contributed by atoms with Crippen LogP contribution >= 0.6 is 0 Å². The lowest BCUT2D eigenvalue weighted by atomic mass is 10.2. The lowest BCUT2D eigenvalue weighted by Gasteiger charge is -2.25. The fourth-order valence-electron chi connectivity index (χ4n) is 2.40. The Kier molecular flexibility index (Phi) is 5.34. The Balaban J connectivity index is 2.12. The molecule has 0 bridgehead atoms. The predicted octanol–water partition coefficient (Wildman–Crippen LogP) is 0.857. The molecule has 112 valence electrons. The van der Waals surface area contributed by atoms with E-state index in [2.05, 4.69) is 32.1 Å². The van der Waals surface area contributed by atoms with Crippen LogP contribution in [-0.2, 0) is 0 Å². The molecular weight excluding hydrogens is 258 g/mol. The summed E-state index contributed by atoms with van der Waals surface area (Å²) in [6.45, 7) is 5.11. The largest absolute Gasteiger partial charge is 0.467 e. The number of anilines is 1. The molecule has 1 aromatic heterocycles. The van der Waals surface area contributed by atoms with E-state index in [0.29, 0.717) is 24.0 Å². The van der Waals surface area contributed by atoms with Crippen molar-refractivity contribution in [1.82, 2.24) is 20.3 Å². The molecule has 1 fully saturated rings. The zero-order valence-corrected chi connectivity index (χ0v) is 12.4. The summed E-state index contributed by atoms with van der Waals surface area (Å²) in [5.74, 6) is 0.634. The van der Waals surface area contributed by atoms with Crippen LogP contribution in [0.1, 0.15) is 26.2 Å². The summed E-state index contributed by atoms with van der Waals surface area (Å²) in [6, 6.07) is 0.997. The Morgan fingerprint density at radius 2 is 1.90 bits per heavy atom. The van der Waals surface area contributed by atoms with E-state index in [1.54, 1.807) is 14.2 Å². The van der Waals surface area contributed by atoms with Crippen LogP contribution in [0.25, 0.3) is 0 Å². The van der Waals surface area contributed by atoms with Crippen molar-refractivity contribution in [2.45, 2.75) is 32.2 Å². The number of hydrogen-bond acceptors (Lipinski definition) is 7. The minimum atomic E-state index is 0.291. The molecule has 1 aliphatic heterocycles. The number of nitrogens with one attached hydrogen (secondary N) is 1. The smallest absolute Gasteiger partial charge is 0.324 e. The average molecular weight is 281 g/mol. The number of rotatable bonds is 7. The summed E-state index contributed by atoms with van der Waals surface area (Å²) < 4.78 is 10.2. The highest BCUT2D eigenvalue weighted by atomic mass is 16.5. The van der Waals surface area contributed by atoms with Crippen LogP contribution in [-0.4, -0.2) is 54.8 Å². The van der Waals surface area contributed by atoms with Crippen LogP contribution < -0.4 is 19.7 Å². The number of hydrogen-bond donors (Lipinski definition) is 1. The van der Waals surface area contributed by atoms with Gasteiger partial charge in [0, 0.05) is 19.1 Å². The first-order valence-corrected chi connectivity index (χ1v) is 7.10. The second-order valence-electron chi connectivity index (χ2n) is 4.80.